The summed E-state index contributed by atoms with van der Waals surface area (Å²) in [6.07, 6.45) is 3.31. The number of ether oxygens (including phenoxy) is 1. The van der Waals surface area contributed by atoms with Crippen LogP contribution in [0.4, 0.5) is 0 Å². The van der Waals surface area contributed by atoms with E-state index in [0.29, 0.717) is 11.3 Å². The highest BCUT2D eigenvalue weighted by molar-refractivity contribution is 5.78. The molecule has 0 aromatic heterocycles. The molecular formula is C21H19NO4. The molecule has 0 saturated carbocycles. The van der Waals surface area contributed by atoms with Gasteiger partial charge < -0.3 is 4.74 Å². The molecule has 1 aliphatic rings. The number of carbonyl (C=O) groups excluding carboxylic acids is 1. The number of carbonyl (C=O) groups is 1. The Labute approximate surface area is 151 Å². The van der Waals surface area contributed by atoms with E-state index in [1.807, 2.05) is 43.3 Å². The molecule has 1 aliphatic carbocycles. The first-order valence-electron chi connectivity index (χ1n) is 8.35. The second kappa shape index (κ2) is 7.35. The molecule has 0 saturated heterocycles. The molecular weight excluding hydrogens is 330 g/mol. The largest absolute Gasteiger partial charge is 0.426 e. The zero-order valence-electron chi connectivity index (χ0n) is 14.6. The zero-order valence-corrected chi connectivity index (χ0v) is 14.6. The van der Waals surface area contributed by atoms with Gasteiger partial charge in [-0.15, -0.1) is 0 Å². The van der Waals surface area contributed by atoms with E-state index in [1.54, 1.807) is 31.2 Å². The monoisotopic (exact) mass is 349 g/mol. The lowest BCUT2D eigenvalue weighted by Gasteiger charge is -2.15. The van der Waals surface area contributed by atoms with Gasteiger partial charge in [0.25, 0.3) is 0 Å². The lowest BCUT2D eigenvalue weighted by molar-refractivity contribution is -0.429. The van der Waals surface area contributed by atoms with Gasteiger partial charge >= 0.3 is 5.97 Å². The lowest BCUT2D eigenvalue weighted by Crippen LogP contribution is -2.23. The molecule has 0 spiro atoms. The molecule has 3 rings (SSSR count). The van der Waals surface area contributed by atoms with E-state index in [2.05, 4.69) is 0 Å². The Morgan fingerprint density at radius 2 is 1.62 bits per heavy atom. The zero-order chi connectivity index (χ0) is 18.7. The molecule has 0 aliphatic heterocycles. The van der Waals surface area contributed by atoms with Crippen LogP contribution >= 0.6 is 0 Å². The molecule has 2 aromatic rings. The fourth-order valence-electron chi connectivity index (χ4n) is 2.83. The minimum atomic E-state index is -0.643. The smallest absolute Gasteiger partial charge is 0.318 e. The molecule has 0 radical (unpaired) electrons. The van der Waals surface area contributed by atoms with Gasteiger partial charge in [0.1, 0.15) is 5.75 Å². The average Bonchev–Trinajstić information content (AvgIpc) is 2.63. The van der Waals surface area contributed by atoms with Crippen LogP contribution in [0, 0.1) is 23.0 Å². The number of allylic oxidation sites excluding steroid dienone is 3. The number of esters is 1. The summed E-state index contributed by atoms with van der Waals surface area (Å²) in [5.74, 6) is -0.708. The molecule has 5 heteroatoms. The van der Waals surface area contributed by atoms with Gasteiger partial charge in [-0.2, -0.15) is 0 Å². The second-order valence-corrected chi connectivity index (χ2v) is 6.37. The SMILES string of the molecule is CC1=C([N+](=O)[O-])CC(C(=O)Oc2ccc(-c3ccc(C)cc3)cc2)C=C1. The van der Waals surface area contributed by atoms with Crippen molar-refractivity contribution in [1.29, 1.82) is 0 Å². The average molecular weight is 349 g/mol. The van der Waals surface area contributed by atoms with Gasteiger partial charge in [-0.25, -0.2) is 0 Å². The van der Waals surface area contributed by atoms with Crippen LogP contribution in [0.2, 0.25) is 0 Å². The van der Waals surface area contributed by atoms with E-state index < -0.39 is 16.8 Å². The standard InChI is InChI=1S/C21H19NO4/c1-14-3-6-16(7-4-14)17-9-11-19(12-10-17)26-21(23)18-8-5-15(2)20(13-18)22(24)25/h3-12,18H,13H2,1-2H3. The van der Waals surface area contributed by atoms with Crippen LogP contribution in [0.15, 0.2) is 72.0 Å². The summed E-state index contributed by atoms with van der Waals surface area (Å²) in [5.41, 5.74) is 3.93. The van der Waals surface area contributed by atoms with Crippen LogP contribution in [0.1, 0.15) is 18.9 Å². The quantitative estimate of drug-likeness (QED) is 0.347. The summed E-state index contributed by atoms with van der Waals surface area (Å²) < 4.78 is 5.39. The summed E-state index contributed by atoms with van der Waals surface area (Å²) in [6.45, 7) is 3.70. The molecule has 2 aromatic carbocycles. The van der Waals surface area contributed by atoms with E-state index in [4.69, 9.17) is 4.74 Å². The topological polar surface area (TPSA) is 69.4 Å². The predicted molar refractivity (Wildman–Crippen MR) is 99.2 cm³/mol. The van der Waals surface area contributed by atoms with Crippen molar-refractivity contribution in [2.45, 2.75) is 20.3 Å². The maximum absolute atomic E-state index is 12.3. The summed E-state index contributed by atoms with van der Waals surface area (Å²) in [7, 11) is 0. The van der Waals surface area contributed by atoms with Crippen LogP contribution in [0.25, 0.3) is 11.1 Å². The van der Waals surface area contributed by atoms with Gasteiger partial charge in [0.2, 0.25) is 5.70 Å². The number of benzene rings is 2. The molecule has 0 amide bonds. The molecule has 0 fully saturated rings. The van der Waals surface area contributed by atoms with Crippen molar-refractivity contribution in [3.05, 3.63) is 87.6 Å². The number of nitro groups is 1. The van der Waals surface area contributed by atoms with Crippen molar-refractivity contribution in [3.8, 4) is 16.9 Å². The number of aryl methyl sites for hydroxylation is 1. The summed E-state index contributed by atoms with van der Waals surface area (Å²) in [4.78, 5) is 22.9. The number of hydrogen-bond acceptors (Lipinski definition) is 4. The number of nitrogens with zero attached hydrogens (tertiary/aromatic N) is 1. The Hall–Kier alpha value is -3.21. The number of rotatable bonds is 4. The number of hydrogen-bond donors (Lipinski definition) is 0. The molecule has 0 bridgehead atoms. The van der Waals surface area contributed by atoms with Crippen molar-refractivity contribution < 1.29 is 14.5 Å². The Bertz CT molecular complexity index is 893. The first-order valence-corrected chi connectivity index (χ1v) is 8.35. The van der Waals surface area contributed by atoms with Gasteiger partial charge in [-0.1, -0.05) is 54.1 Å². The second-order valence-electron chi connectivity index (χ2n) is 6.37. The first kappa shape index (κ1) is 17.6. The lowest BCUT2D eigenvalue weighted by atomic mass is 9.94. The van der Waals surface area contributed by atoms with E-state index >= 15 is 0 Å². The molecule has 132 valence electrons. The van der Waals surface area contributed by atoms with Gasteiger partial charge in [0, 0.05) is 5.57 Å². The molecule has 0 N–H and O–H groups in total. The van der Waals surface area contributed by atoms with E-state index in [9.17, 15) is 14.9 Å². The van der Waals surface area contributed by atoms with Crippen molar-refractivity contribution >= 4 is 5.97 Å². The van der Waals surface area contributed by atoms with Gasteiger partial charge in [-0.3, -0.25) is 14.9 Å². The Morgan fingerprint density at radius 3 is 2.19 bits per heavy atom. The molecule has 1 atom stereocenters. The van der Waals surface area contributed by atoms with E-state index in [-0.39, 0.29) is 12.1 Å². The minimum absolute atomic E-state index is 0.0512. The van der Waals surface area contributed by atoms with Crippen LogP contribution in [0.5, 0.6) is 5.75 Å². The van der Waals surface area contributed by atoms with Crippen LogP contribution in [0.3, 0.4) is 0 Å². The van der Waals surface area contributed by atoms with E-state index in [0.717, 1.165) is 11.1 Å². The van der Waals surface area contributed by atoms with Crippen LogP contribution < -0.4 is 4.74 Å². The van der Waals surface area contributed by atoms with Crippen molar-refractivity contribution in [2.75, 3.05) is 0 Å². The van der Waals surface area contributed by atoms with Crippen molar-refractivity contribution in [3.63, 3.8) is 0 Å². The van der Waals surface area contributed by atoms with Crippen LogP contribution in [-0.4, -0.2) is 10.9 Å². The summed E-state index contributed by atoms with van der Waals surface area (Å²) >= 11 is 0. The third-order valence-electron chi connectivity index (χ3n) is 4.43. The van der Waals surface area contributed by atoms with Crippen LogP contribution in [-0.2, 0) is 4.79 Å². The van der Waals surface area contributed by atoms with Gasteiger partial charge in [0.05, 0.1) is 17.3 Å². The highest BCUT2D eigenvalue weighted by atomic mass is 16.6. The Balaban J connectivity index is 1.68. The highest BCUT2D eigenvalue weighted by Crippen LogP contribution is 2.27. The predicted octanol–water partition coefficient (Wildman–Crippen LogP) is 4.69. The molecule has 26 heavy (non-hydrogen) atoms. The first-order chi connectivity index (χ1) is 12.4. The Morgan fingerprint density at radius 1 is 1.04 bits per heavy atom. The normalized spacial score (nSPS) is 16.5. The summed E-state index contributed by atoms with van der Waals surface area (Å²) in [6, 6.07) is 15.4. The van der Waals surface area contributed by atoms with Crippen molar-refractivity contribution in [2.24, 2.45) is 5.92 Å². The fraction of sp³-hybridized carbons (Fsp3) is 0.190. The third-order valence-corrected chi connectivity index (χ3v) is 4.43. The van der Waals surface area contributed by atoms with E-state index in [1.165, 1.54) is 5.56 Å². The maximum Gasteiger partial charge on any atom is 0.318 e. The molecule has 5 nitrogen and oxygen atoms in total. The summed E-state index contributed by atoms with van der Waals surface area (Å²) in [5, 5.41) is 11.0. The highest BCUT2D eigenvalue weighted by Gasteiger charge is 2.29. The molecule has 0 heterocycles. The maximum atomic E-state index is 12.3. The van der Waals surface area contributed by atoms with Crippen molar-refractivity contribution in [1.82, 2.24) is 0 Å². The van der Waals surface area contributed by atoms with Gasteiger partial charge in [0.15, 0.2) is 0 Å². The molecule has 1 unspecified atom stereocenters. The minimum Gasteiger partial charge on any atom is -0.426 e. The fourth-order valence-corrected chi connectivity index (χ4v) is 2.83. The third kappa shape index (κ3) is 3.88. The van der Waals surface area contributed by atoms with Gasteiger partial charge in [-0.05, 0) is 37.1 Å². The Kier molecular flexibility index (Phi) is 4.98.